The molecule has 0 heterocycles. The van der Waals surface area contributed by atoms with E-state index in [-0.39, 0.29) is 0 Å². The number of aryl methyl sites for hydroxylation is 1. The lowest BCUT2D eigenvalue weighted by atomic mass is 10.1. The SMILES string of the molecule is COCCSc1cc(C)c(N)c(C(=O)OC)c1. The molecule has 1 aromatic carbocycles. The number of nitrogens with two attached hydrogens (primary N) is 1. The normalized spacial score (nSPS) is 10.3. The Bertz CT molecular complexity index is 407. The minimum absolute atomic E-state index is 0.403. The summed E-state index contributed by atoms with van der Waals surface area (Å²) in [5.41, 5.74) is 7.63. The van der Waals surface area contributed by atoms with E-state index in [9.17, 15) is 4.79 Å². The van der Waals surface area contributed by atoms with Crippen LogP contribution in [0.2, 0.25) is 0 Å². The zero-order valence-corrected chi connectivity index (χ0v) is 11.1. The third kappa shape index (κ3) is 3.64. The van der Waals surface area contributed by atoms with Crippen LogP contribution in [0.3, 0.4) is 0 Å². The number of thioether (sulfide) groups is 1. The van der Waals surface area contributed by atoms with E-state index in [4.69, 9.17) is 15.2 Å². The molecule has 0 radical (unpaired) electrons. The van der Waals surface area contributed by atoms with Gasteiger partial charge in [-0.2, -0.15) is 0 Å². The highest BCUT2D eigenvalue weighted by Gasteiger charge is 2.13. The summed E-state index contributed by atoms with van der Waals surface area (Å²) in [6, 6.07) is 3.72. The molecule has 0 unspecified atom stereocenters. The fourth-order valence-electron chi connectivity index (χ4n) is 1.37. The van der Waals surface area contributed by atoms with E-state index in [0.717, 1.165) is 16.2 Å². The zero-order valence-electron chi connectivity index (χ0n) is 10.3. The number of benzene rings is 1. The number of nitrogen functional groups attached to an aromatic ring is 1. The highest BCUT2D eigenvalue weighted by atomic mass is 32.2. The molecule has 1 aromatic rings. The molecule has 1 rings (SSSR count). The second kappa shape index (κ2) is 6.51. The summed E-state index contributed by atoms with van der Waals surface area (Å²) in [5, 5.41) is 0. The van der Waals surface area contributed by atoms with Crippen molar-refractivity contribution in [2.75, 3.05) is 32.3 Å². The number of hydrogen-bond donors (Lipinski definition) is 1. The van der Waals surface area contributed by atoms with Crippen molar-refractivity contribution in [3.8, 4) is 0 Å². The van der Waals surface area contributed by atoms with Crippen molar-refractivity contribution in [3.63, 3.8) is 0 Å². The molecule has 0 aromatic heterocycles. The first-order chi connectivity index (χ1) is 8.10. The van der Waals surface area contributed by atoms with Gasteiger partial charge in [0.05, 0.1) is 19.3 Å². The molecule has 0 atom stereocenters. The maximum Gasteiger partial charge on any atom is 0.340 e. The second-order valence-corrected chi connectivity index (χ2v) is 4.70. The van der Waals surface area contributed by atoms with Crippen LogP contribution in [0.5, 0.6) is 0 Å². The summed E-state index contributed by atoms with van der Waals surface area (Å²) in [5.74, 6) is 0.431. The van der Waals surface area contributed by atoms with Gasteiger partial charge in [0.1, 0.15) is 0 Å². The van der Waals surface area contributed by atoms with Crippen LogP contribution in [0.4, 0.5) is 5.69 Å². The van der Waals surface area contributed by atoms with Crippen LogP contribution >= 0.6 is 11.8 Å². The van der Waals surface area contributed by atoms with Crippen molar-refractivity contribution in [3.05, 3.63) is 23.3 Å². The second-order valence-electron chi connectivity index (χ2n) is 3.53. The largest absolute Gasteiger partial charge is 0.465 e. The fourth-order valence-corrected chi connectivity index (χ4v) is 2.32. The van der Waals surface area contributed by atoms with Crippen molar-refractivity contribution < 1.29 is 14.3 Å². The summed E-state index contributed by atoms with van der Waals surface area (Å²) >= 11 is 1.62. The van der Waals surface area contributed by atoms with Crippen LogP contribution in [-0.4, -0.2) is 32.5 Å². The van der Waals surface area contributed by atoms with E-state index in [1.165, 1.54) is 7.11 Å². The first-order valence-corrected chi connectivity index (χ1v) is 6.19. The van der Waals surface area contributed by atoms with E-state index < -0.39 is 5.97 Å². The number of carbonyl (C=O) groups is 1. The van der Waals surface area contributed by atoms with Gasteiger partial charge in [-0.15, -0.1) is 11.8 Å². The molecule has 0 aliphatic rings. The van der Waals surface area contributed by atoms with Crippen LogP contribution in [-0.2, 0) is 9.47 Å². The molecule has 5 heteroatoms. The Labute approximate surface area is 105 Å². The van der Waals surface area contributed by atoms with Crippen molar-refractivity contribution in [2.24, 2.45) is 0 Å². The molecular weight excluding hydrogens is 238 g/mol. The van der Waals surface area contributed by atoms with Gasteiger partial charge >= 0.3 is 5.97 Å². The number of hydrogen-bond acceptors (Lipinski definition) is 5. The van der Waals surface area contributed by atoms with Crippen LogP contribution < -0.4 is 5.73 Å². The molecule has 0 aliphatic carbocycles. The smallest absolute Gasteiger partial charge is 0.340 e. The minimum Gasteiger partial charge on any atom is -0.465 e. The Morgan fingerprint density at radius 3 is 2.71 bits per heavy atom. The molecule has 94 valence electrons. The number of carbonyl (C=O) groups excluding carboxylic acids is 1. The Morgan fingerprint density at radius 2 is 2.12 bits per heavy atom. The third-order valence-corrected chi connectivity index (χ3v) is 3.26. The molecule has 0 spiro atoms. The van der Waals surface area contributed by atoms with Crippen LogP contribution in [0, 0.1) is 6.92 Å². The molecule has 2 N–H and O–H groups in total. The molecule has 0 saturated heterocycles. The topological polar surface area (TPSA) is 61.5 Å². The summed E-state index contributed by atoms with van der Waals surface area (Å²) < 4.78 is 9.68. The van der Waals surface area contributed by atoms with Crippen molar-refractivity contribution >= 4 is 23.4 Å². The van der Waals surface area contributed by atoms with E-state index >= 15 is 0 Å². The first kappa shape index (κ1) is 13.9. The molecular formula is C12H17NO3S. The lowest BCUT2D eigenvalue weighted by molar-refractivity contribution is 0.0601. The zero-order chi connectivity index (χ0) is 12.8. The van der Waals surface area contributed by atoms with Gasteiger partial charge in [-0.3, -0.25) is 0 Å². The highest BCUT2D eigenvalue weighted by Crippen LogP contribution is 2.26. The van der Waals surface area contributed by atoms with Crippen molar-refractivity contribution in [1.82, 2.24) is 0 Å². The minimum atomic E-state index is -0.403. The van der Waals surface area contributed by atoms with Gasteiger partial charge in [-0.05, 0) is 24.6 Å². The molecule has 17 heavy (non-hydrogen) atoms. The highest BCUT2D eigenvalue weighted by molar-refractivity contribution is 7.99. The fraction of sp³-hybridized carbons (Fsp3) is 0.417. The number of rotatable bonds is 5. The maximum absolute atomic E-state index is 11.5. The van der Waals surface area contributed by atoms with Crippen molar-refractivity contribution in [2.45, 2.75) is 11.8 Å². The van der Waals surface area contributed by atoms with Crippen LogP contribution in [0.25, 0.3) is 0 Å². The van der Waals surface area contributed by atoms with Crippen LogP contribution in [0.15, 0.2) is 17.0 Å². The van der Waals surface area contributed by atoms with Crippen LogP contribution in [0.1, 0.15) is 15.9 Å². The predicted molar refractivity (Wildman–Crippen MR) is 69.5 cm³/mol. The van der Waals surface area contributed by atoms with Gasteiger partial charge in [0.15, 0.2) is 0 Å². The third-order valence-electron chi connectivity index (χ3n) is 2.32. The van der Waals surface area contributed by atoms with Gasteiger partial charge in [0.2, 0.25) is 0 Å². The average molecular weight is 255 g/mol. The van der Waals surface area contributed by atoms with E-state index in [1.807, 2.05) is 13.0 Å². The Kier molecular flexibility index (Phi) is 5.31. The molecule has 4 nitrogen and oxygen atoms in total. The Hall–Kier alpha value is -1.20. The standard InChI is InChI=1S/C12H17NO3S/c1-8-6-9(17-5-4-15-2)7-10(11(8)13)12(14)16-3/h6-7H,4-5,13H2,1-3H3. The quantitative estimate of drug-likeness (QED) is 0.378. The maximum atomic E-state index is 11.5. The van der Waals surface area contributed by atoms with Gasteiger partial charge in [0, 0.05) is 23.4 Å². The summed E-state index contributed by atoms with van der Waals surface area (Å²) in [4.78, 5) is 12.5. The van der Waals surface area contributed by atoms with Gasteiger partial charge in [-0.1, -0.05) is 0 Å². The molecule has 0 saturated carbocycles. The molecule has 0 amide bonds. The molecule has 0 bridgehead atoms. The van der Waals surface area contributed by atoms with E-state index in [2.05, 4.69) is 0 Å². The van der Waals surface area contributed by atoms with Gasteiger partial charge < -0.3 is 15.2 Å². The summed E-state index contributed by atoms with van der Waals surface area (Å²) in [6.07, 6.45) is 0. The predicted octanol–water partition coefficient (Wildman–Crippen LogP) is 2.10. The van der Waals surface area contributed by atoms with Crippen molar-refractivity contribution in [1.29, 1.82) is 0 Å². The number of anilines is 1. The lowest BCUT2D eigenvalue weighted by Crippen LogP contribution is -2.07. The summed E-state index contributed by atoms with van der Waals surface area (Å²) in [6.45, 7) is 2.55. The number of ether oxygens (including phenoxy) is 2. The van der Waals surface area contributed by atoms with E-state index in [0.29, 0.717) is 17.9 Å². The first-order valence-electron chi connectivity index (χ1n) is 5.20. The lowest BCUT2D eigenvalue weighted by Gasteiger charge is -2.10. The van der Waals surface area contributed by atoms with E-state index in [1.54, 1.807) is 24.9 Å². The summed E-state index contributed by atoms with van der Waals surface area (Å²) in [7, 11) is 3.01. The molecule has 0 fully saturated rings. The Morgan fingerprint density at radius 1 is 1.41 bits per heavy atom. The van der Waals surface area contributed by atoms with Gasteiger partial charge in [0.25, 0.3) is 0 Å². The number of esters is 1. The average Bonchev–Trinajstić information content (AvgIpc) is 2.32. The molecule has 0 aliphatic heterocycles. The monoisotopic (exact) mass is 255 g/mol. The number of methoxy groups -OCH3 is 2. The Balaban J connectivity index is 2.93. The van der Waals surface area contributed by atoms with Gasteiger partial charge in [-0.25, -0.2) is 4.79 Å².